The van der Waals surface area contributed by atoms with Gasteiger partial charge >= 0.3 is 0 Å². The molecule has 0 aromatic heterocycles. The zero-order chi connectivity index (χ0) is 10.0. The highest BCUT2D eigenvalue weighted by Gasteiger charge is 2.11. The van der Waals surface area contributed by atoms with Crippen LogP contribution in [0.4, 0.5) is 5.69 Å². The van der Waals surface area contributed by atoms with Gasteiger partial charge in [0.25, 0.3) is 0 Å². The summed E-state index contributed by atoms with van der Waals surface area (Å²) in [5, 5.41) is 0. The maximum Gasteiger partial charge on any atom is 0.161 e. The van der Waals surface area contributed by atoms with Gasteiger partial charge in [-0.15, -0.1) is 0 Å². The number of anilines is 1. The number of benzene rings is 1. The molecule has 0 spiro atoms. The Hall–Kier alpha value is -1.03. The van der Waals surface area contributed by atoms with E-state index >= 15 is 0 Å². The molecule has 0 heterocycles. The van der Waals surface area contributed by atoms with Gasteiger partial charge in [-0.05, 0) is 28.9 Å². The van der Waals surface area contributed by atoms with Crippen molar-refractivity contribution in [3.63, 3.8) is 0 Å². The van der Waals surface area contributed by atoms with Crippen LogP contribution in [0.1, 0.15) is 17.3 Å². The average Bonchev–Trinajstić information content (AvgIpc) is 2.08. The maximum atomic E-state index is 11.1. The number of hydrogen-bond acceptors (Lipinski definition) is 3. The van der Waals surface area contributed by atoms with Crippen LogP contribution in [0.5, 0.6) is 5.75 Å². The highest BCUT2D eigenvalue weighted by molar-refractivity contribution is 9.10. The van der Waals surface area contributed by atoms with Gasteiger partial charge in [0.2, 0.25) is 0 Å². The molecule has 1 rings (SSSR count). The van der Waals surface area contributed by atoms with E-state index in [4.69, 9.17) is 10.5 Å². The summed E-state index contributed by atoms with van der Waals surface area (Å²) in [7, 11) is 1.53. The first-order valence-corrected chi connectivity index (χ1v) is 4.49. The largest absolute Gasteiger partial charge is 0.495 e. The van der Waals surface area contributed by atoms with E-state index in [2.05, 4.69) is 15.9 Å². The van der Waals surface area contributed by atoms with Crippen LogP contribution < -0.4 is 10.5 Å². The molecular formula is C9H10BrNO2. The first kappa shape index (κ1) is 10.1. The van der Waals surface area contributed by atoms with Gasteiger partial charge in [-0.1, -0.05) is 0 Å². The van der Waals surface area contributed by atoms with Crippen molar-refractivity contribution in [2.24, 2.45) is 0 Å². The Bertz CT molecular complexity index is 350. The van der Waals surface area contributed by atoms with E-state index in [0.717, 1.165) is 0 Å². The summed E-state index contributed by atoms with van der Waals surface area (Å²) < 4.78 is 5.69. The summed E-state index contributed by atoms with van der Waals surface area (Å²) in [4.78, 5) is 11.1. The van der Waals surface area contributed by atoms with Crippen molar-refractivity contribution < 1.29 is 9.53 Å². The summed E-state index contributed by atoms with van der Waals surface area (Å²) >= 11 is 3.27. The third kappa shape index (κ3) is 2.01. The first-order chi connectivity index (χ1) is 6.06. The van der Waals surface area contributed by atoms with Gasteiger partial charge in [-0.25, -0.2) is 0 Å². The van der Waals surface area contributed by atoms with Crippen molar-refractivity contribution in [2.45, 2.75) is 6.92 Å². The Morgan fingerprint density at radius 2 is 2.15 bits per heavy atom. The van der Waals surface area contributed by atoms with Gasteiger partial charge in [-0.2, -0.15) is 0 Å². The lowest BCUT2D eigenvalue weighted by molar-refractivity contribution is 0.101. The van der Waals surface area contributed by atoms with Crippen LogP contribution in [-0.2, 0) is 0 Å². The number of ether oxygens (including phenoxy) is 1. The van der Waals surface area contributed by atoms with Crippen molar-refractivity contribution in [2.75, 3.05) is 12.8 Å². The van der Waals surface area contributed by atoms with Gasteiger partial charge in [0.05, 0.1) is 11.6 Å². The number of ketones is 1. The zero-order valence-corrected chi connectivity index (χ0v) is 9.01. The van der Waals surface area contributed by atoms with Crippen LogP contribution in [0, 0.1) is 0 Å². The van der Waals surface area contributed by atoms with E-state index in [0.29, 0.717) is 21.5 Å². The quantitative estimate of drug-likeness (QED) is 0.641. The number of carbonyl (C=O) groups is 1. The lowest BCUT2D eigenvalue weighted by Gasteiger charge is -2.07. The van der Waals surface area contributed by atoms with Crippen LogP contribution in [0.2, 0.25) is 0 Å². The van der Waals surface area contributed by atoms with E-state index in [-0.39, 0.29) is 5.78 Å². The Morgan fingerprint density at radius 1 is 1.54 bits per heavy atom. The van der Waals surface area contributed by atoms with Gasteiger partial charge in [0.1, 0.15) is 5.75 Å². The molecule has 3 nitrogen and oxygen atoms in total. The zero-order valence-electron chi connectivity index (χ0n) is 7.43. The molecule has 0 saturated heterocycles. The second-order valence-corrected chi connectivity index (χ2v) is 3.43. The van der Waals surface area contributed by atoms with Gasteiger partial charge in [0, 0.05) is 17.3 Å². The molecule has 0 aliphatic carbocycles. The fourth-order valence-electron chi connectivity index (χ4n) is 1.02. The lowest BCUT2D eigenvalue weighted by atomic mass is 10.1. The molecule has 70 valence electrons. The minimum absolute atomic E-state index is 0.0440. The van der Waals surface area contributed by atoms with Crippen LogP contribution >= 0.6 is 15.9 Å². The Labute approximate surface area is 85.0 Å². The number of nitrogen functional groups attached to an aromatic ring is 1. The smallest absolute Gasteiger partial charge is 0.161 e. The third-order valence-electron chi connectivity index (χ3n) is 1.66. The molecule has 4 heteroatoms. The fraction of sp³-hybridized carbons (Fsp3) is 0.222. The van der Waals surface area contributed by atoms with Crippen LogP contribution in [0.15, 0.2) is 16.6 Å². The second kappa shape index (κ2) is 3.79. The molecule has 2 N–H and O–H groups in total. The van der Waals surface area contributed by atoms with Crippen molar-refractivity contribution in [3.8, 4) is 5.75 Å². The Morgan fingerprint density at radius 3 is 2.62 bits per heavy atom. The summed E-state index contributed by atoms with van der Waals surface area (Å²) in [6, 6.07) is 3.28. The molecule has 0 atom stereocenters. The fourth-order valence-corrected chi connectivity index (χ4v) is 1.69. The molecule has 13 heavy (non-hydrogen) atoms. The average molecular weight is 244 g/mol. The number of methoxy groups -OCH3 is 1. The van der Waals surface area contributed by atoms with Gasteiger partial charge in [-0.3, -0.25) is 4.79 Å². The number of nitrogens with two attached hydrogens (primary N) is 1. The van der Waals surface area contributed by atoms with Crippen molar-refractivity contribution in [1.29, 1.82) is 0 Å². The molecule has 0 bridgehead atoms. The minimum atomic E-state index is -0.0440. The van der Waals surface area contributed by atoms with Gasteiger partial charge in [0.15, 0.2) is 5.78 Å². The van der Waals surface area contributed by atoms with Crippen LogP contribution in [0.25, 0.3) is 0 Å². The first-order valence-electron chi connectivity index (χ1n) is 3.70. The van der Waals surface area contributed by atoms with Crippen molar-refractivity contribution in [1.82, 2.24) is 0 Å². The minimum Gasteiger partial charge on any atom is -0.495 e. The molecule has 1 aromatic rings. The molecule has 1 aromatic carbocycles. The van der Waals surface area contributed by atoms with Crippen LogP contribution in [-0.4, -0.2) is 12.9 Å². The Balaban J connectivity index is 3.35. The van der Waals surface area contributed by atoms with Gasteiger partial charge < -0.3 is 10.5 Å². The van der Waals surface area contributed by atoms with E-state index in [1.165, 1.54) is 14.0 Å². The summed E-state index contributed by atoms with van der Waals surface area (Å²) in [6.45, 7) is 1.49. The molecule has 0 aliphatic heterocycles. The number of hydrogen-bond donors (Lipinski definition) is 1. The normalized spacial score (nSPS) is 9.77. The maximum absolute atomic E-state index is 11.1. The number of rotatable bonds is 2. The number of Topliss-reactive ketones (excluding diaryl/α,β-unsaturated/α-hetero) is 1. The molecule has 0 radical (unpaired) electrons. The highest BCUT2D eigenvalue weighted by atomic mass is 79.9. The Kier molecular flexibility index (Phi) is 2.93. The van der Waals surface area contributed by atoms with Crippen molar-refractivity contribution >= 4 is 27.4 Å². The van der Waals surface area contributed by atoms with Crippen molar-refractivity contribution in [3.05, 3.63) is 22.2 Å². The summed E-state index contributed by atoms with van der Waals surface area (Å²) in [6.07, 6.45) is 0. The molecule has 0 amide bonds. The predicted molar refractivity (Wildman–Crippen MR) is 55.1 cm³/mol. The summed E-state index contributed by atoms with van der Waals surface area (Å²) in [5.74, 6) is 0.530. The van der Waals surface area contributed by atoms with E-state index in [9.17, 15) is 4.79 Å². The SMILES string of the molecule is COc1cc(N)cc(C(C)=O)c1Br. The standard InChI is InChI=1S/C9H10BrNO2/c1-5(12)7-3-6(11)4-8(13-2)9(7)10/h3-4H,11H2,1-2H3. The molecular weight excluding hydrogens is 234 g/mol. The second-order valence-electron chi connectivity index (χ2n) is 2.64. The predicted octanol–water partition coefficient (Wildman–Crippen LogP) is 2.24. The number of carbonyl (C=O) groups excluding carboxylic acids is 1. The lowest BCUT2D eigenvalue weighted by Crippen LogP contribution is -1.98. The number of halogens is 1. The molecule has 0 unspecified atom stereocenters. The van der Waals surface area contributed by atoms with E-state index in [1.54, 1.807) is 12.1 Å². The summed E-state index contributed by atoms with van der Waals surface area (Å²) in [5.41, 5.74) is 6.65. The highest BCUT2D eigenvalue weighted by Crippen LogP contribution is 2.31. The third-order valence-corrected chi connectivity index (χ3v) is 2.48. The van der Waals surface area contributed by atoms with E-state index < -0.39 is 0 Å². The van der Waals surface area contributed by atoms with Crippen LogP contribution in [0.3, 0.4) is 0 Å². The topological polar surface area (TPSA) is 52.3 Å². The molecule has 0 aliphatic rings. The monoisotopic (exact) mass is 243 g/mol. The molecule has 0 saturated carbocycles. The molecule has 0 fully saturated rings. The van der Waals surface area contributed by atoms with E-state index in [1.807, 2.05) is 0 Å².